The highest BCUT2D eigenvalue weighted by molar-refractivity contribution is 5.81. The summed E-state index contributed by atoms with van der Waals surface area (Å²) in [5, 5.41) is 0. The van der Waals surface area contributed by atoms with E-state index in [1.807, 2.05) is 19.0 Å². The molecule has 0 aliphatic carbocycles. The maximum absolute atomic E-state index is 12.4. The van der Waals surface area contributed by atoms with Crippen molar-refractivity contribution in [2.45, 2.75) is 44.9 Å². The standard InChI is InChI=1S/C20H37N3O3/c1-21(2)11-4-16-26-20(25)6-5-19(24)23-14-9-18(10-15-23)17-7-12-22(3)13-8-17/h17-18H,4-16H2,1-3H3. The minimum absolute atomic E-state index is 0.108. The molecule has 0 saturated carbocycles. The average Bonchev–Trinajstić information content (AvgIpc) is 2.64. The summed E-state index contributed by atoms with van der Waals surface area (Å²) >= 11 is 0. The molecule has 0 bridgehead atoms. The van der Waals surface area contributed by atoms with Crippen LogP contribution in [0.5, 0.6) is 0 Å². The van der Waals surface area contributed by atoms with Crippen LogP contribution in [0.1, 0.15) is 44.9 Å². The zero-order valence-corrected chi connectivity index (χ0v) is 16.9. The first kappa shape index (κ1) is 21.2. The van der Waals surface area contributed by atoms with Gasteiger partial charge in [-0.05, 0) is 78.2 Å². The van der Waals surface area contributed by atoms with Crippen LogP contribution in [-0.4, -0.2) is 87.0 Å². The zero-order chi connectivity index (χ0) is 18.9. The molecule has 2 aliphatic heterocycles. The van der Waals surface area contributed by atoms with Gasteiger partial charge in [0.25, 0.3) is 0 Å². The summed E-state index contributed by atoms with van der Waals surface area (Å²) in [4.78, 5) is 30.5. The predicted molar refractivity (Wildman–Crippen MR) is 103 cm³/mol. The molecule has 0 aromatic carbocycles. The third-order valence-electron chi connectivity index (χ3n) is 5.88. The number of carbonyl (C=O) groups excluding carboxylic acids is 2. The van der Waals surface area contributed by atoms with Crippen molar-refractivity contribution in [3.05, 3.63) is 0 Å². The van der Waals surface area contributed by atoms with Crippen LogP contribution in [0.3, 0.4) is 0 Å². The first-order chi connectivity index (χ1) is 12.5. The minimum Gasteiger partial charge on any atom is -0.466 e. The highest BCUT2D eigenvalue weighted by atomic mass is 16.5. The number of hydrogen-bond donors (Lipinski definition) is 0. The monoisotopic (exact) mass is 367 g/mol. The van der Waals surface area contributed by atoms with E-state index in [1.165, 1.54) is 25.9 Å². The van der Waals surface area contributed by atoms with Crippen molar-refractivity contribution in [1.82, 2.24) is 14.7 Å². The molecule has 2 rings (SSSR count). The summed E-state index contributed by atoms with van der Waals surface area (Å²) in [6, 6.07) is 0. The molecule has 0 aromatic rings. The second kappa shape index (κ2) is 10.9. The van der Waals surface area contributed by atoms with Crippen molar-refractivity contribution in [3.63, 3.8) is 0 Å². The van der Waals surface area contributed by atoms with Crippen LogP contribution in [0, 0.1) is 11.8 Å². The lowest BCUT2D eigenvalue weighted by atomic mass is 9.79. The summed E-state index contributed by atoms with van der Waals surface area (Å²) in [6.45, 7) is 5.47. The Labute approximate surface area is 158 Å². The summed E-state index contributed by atoms with van der Waals surface area (Å²) in [7, 11) is 6.19. The van der Waals surface area contributed by atoms with Gasteiger partial charge < -0.3 is 19.4 Å². The third-order valence-corrected chi connectivity index (χ3v) is 5.88. The molecule has 0 radical (unpaired) electrons. The van der Waals surface area contributed by atoms with Crippen LogP contribution in [0.4, 0.5) is 0 Å². The fourth-order valence-corrected chi connectivity index (χ4v) is 4.13. The molecule has 2 aliphatic rings. The van der Waals surface area contributed by atoms with Crippen LogP contribution in [-0.2, 0) is 14.3 Å². The molecule has 0 aromatic heterocycles. The van der Waals surface area contributed by atoms with E-state index >= 15 is 0 Å². The molecule has 0 unspecified atom stereocenters. The van der Waals surface area contributed by atoms with E-state index in [0.717, 1.165) is 50.7 Å². The van der Waals surface area contributed by atoms with E-state index in [0.29, 0.717) is 6.61 Å². The van der Waals surface area contributed by atoms with Crippen molar-refractivity contribution in [1.29, 1.82) is 0 Å². The topological polar surface area (TPSA) is 53.1 Å². The van der Waals surface area contributed by atoms with Gasteiger partial charge in [0.2, 0.25) is 5.91 Å². The van der Waals surface area contributed by atoms with Gasteiger partial charge in [-0.25, -0.2) is 0 Å². The number of nitrogens with zero attached hydrogens (tertiary/aromatic N) is 3. The number of ether oxygens (including phenoxy) is 1. The highest BCUT2D eigenvalue weighted by Crippen LogP contribution is 2.32. The molecule has 150 valence electrons. The Morgan fingerprint density at radius 1 is 0.962 bits per heavy atom. The summed E-state index contributed by atoms with van der Waals surface area (Å²) in [5.74, 6) is 1.46. The molecular formula is C20H37N3O3. The Kier molecular flexibility index (Phi) is 8.85. The van der Waals surface area contributed by atoms with E-state index in [-0.39, 0.29) is 24.7 Å². The lowest BCUT2D eigenvalue weighted by Gasteiger charge is -2.39. The molecule has 0 atom stereocenters. The van der Waals surface area contributed by atoms with Crippen molar-refractivity contribution in [3.8, 4) is 0 Å². The molecule has 2 fully saturated rings. The summed E-state index contributed by atoms with van der Waals surface area (Å²) < 4.78 is 5.19. The molecule has 2 heterocycles. The van der Waals surface area contributed by atoms with Crippen LogP contribution >= 0.6 is 0 Å². The number of likely N-dealkylation sites (tertiary alicyclic amines) is 2. The number of amides is 1. The van der Waals surface area contributed by atoms with Crippen LogP contribution < -0.4 is 0 Å². The van der Waals surface area contributed by atoms with Gasteiger partial charge in [0, 0.05) is 26.1 Å². The Bertz CT molecular complexity index is 440. The molecule has 26 heavy (non-hydrogen) atoms. The second-order valence-electron chi connectivity index (χ2n) is 8.24. The van der Waals surface area contributed by atoms with Gasteiger partial charge in [-0.3, -0.25) is 9.59 Å². The van der Waals surface area contributed by atoms with Crippen LogP contribution in [0.25, 0.3) is 0 Å². The fourth-order valence-electron chi connectivity index (χ4n) is 4.13. The van der Waals surface area contributed by atoms with Crippen LogP contribution in [0.15, 0.2) is 0 Å². The van der Waals surface area contributed by atoms with Crippen molar-refractivity contribution in [2.75, 3.05) is 60.5 Å². The number of esters is 1. The van der Waals surface area contributed by atoms with Crippen LogP contribution in [0.2, 0.25) is 0 Å². The van der Waals surface area contributed by atoms with Gasteiger partial charge in [0.1, 0.15) is 0 Å². The van der Waals surface area contributed by atoms with Gasteiger partial charge in [-0.15, -0.1) is 0 Å². The predicted octanol–water partition coefficient (Wildman–Crippen LogP) is 1.84. The lowest BCUT2D eigenvalue weighted by Crippen LogP contribution is -2.42. The van der Waals surface area contributed by atoms with Gasteiger partial charge in [-0.2, -0.15) is 0 Å². The average molecular weight is 368 g/mol. The lowest BCUT2D eigenvalue weighted by molar-refractivity contribution is -0.146. The smallest absolute Gasteiger partial charge is 0.306 e. The minimum atomic E-state index is -0.252. The number of carbonyl (C=O) groups is 2. The number of piperidine rings is 2. The second-order valence-corrected chi connectivity index (χ2v) is 8.24. The van der Waals surface area contributed by atoms with Gasteiger partial charge in [-0.1, -0.05) is 0 Å². The molecule has 2 saturated heterocycles. The fraction of sp³-hybridized carbons (Fsp3) is 0.900. The number of rotatable bonds is 8. The maximum Gasteiger partial charge on any atom is 0.306 e. The van der Waals surface area contributed by atoms with E-state index in [4.69, 9.17) is 4.74 Å². The Morgan fingerprint density at radius 3 is 2.12 bits per heavy atom. The van der Waals surface area contributed by atoms with Gasteiger partial charge in [0.15, 0.2) is 0 Å². The quantitative estimate of drug-likeness (QED) is 0.484. The summed E-state index contributed by atoms with van der Waals surface area (Å²) in [6.07, 6.45) is 6.16. The Balaban J connectivity index is 1.58. The SMILES string of the molecule is CN(C)CCCOC(=O)CCC(=O)N1CCC(C2CCN(C)CC2)CC1. The Morgan fingerprint density at radius 2 is 1.54 bits per heavy atom. The first-order valence-electron chi connectivity index (χ1n) is 10.2. The highest BCUT2D eigenvalue weighted by Gasteiger charge is 2.30. The summed E-state index contributed by atoms with van der Waals surface area (Å²) in [5.41, 5.74) is 0. The molecule has 6 heteroatoms. The molecule has 6 nitrogen and oxygen atoms in total. The van der Waals surface area contributed by atoms with Crippen molar-refractivity contribution in [2.24, 2.45) is 11.8 Å². The van der Waals surface area contributed by atoms with Gasteiger partial charge in [0.05, 0.1) is 13.0 Å². The molecular weight excluding hydrogens is 330 g/mol. The Hall–Kier alpha value is -1.14. The van der Waals surface area contributed by atoms with E-state index in [9.17, 15) is 9.59 Å². The normalized spacial score (nSPS) is 20.5. The molecule has 1 amide bonds. The van der Waals surface area contributed by atoms with E-state index in [2.05, 4.69) is 16.8 Å². The largest absolute Gasteiger partial charge is 0.466 e. The van der Waals surface area contributed by atoms with E-state index < -0.39 is 0 Å². The zero-order valence-electron chi connectivity index (χ0n) is 16.9. The van der Waals surface area contributed by atoms with Gasteiger partial charge >= 0.3 is 5.97 Å². The first-order valence-corrected chi connectivity index (χ1v) is 10.2. The van der Waals surface area contributed by atoms with Crippen molar-refractivity contribution < 1.29 is 14.3 Å². The van der Waals surface area contributed by atoms with E-state index in [1.54, 1.807) is 0 Å². The van der Waals surface area contributed by atoms with Crippen molar-refractivity contribution >= 4 is 11.9 Å². The molecule has 0 N–H and O–H groups in total. The molecule has 0 spiro atoms. The third kappa shape index (κ3) is 7.23. The maximum atomic E-state index is 12.4. The number of hydrogen-bond acceptors (Lipinski definition) is 5.